The van der Waals surface area contributed by atoms with Gasteiger partial charge >= 0.3 is 0 Å². The third-order valence-corrected chi connectivity index (χ3v) is 3.16. The molecule has 94 valence electrons. The van der Waals surface area contributed by atoms with Gasteiger partial charge in [0, 0.05) is 11.8 Å². The van der Waals surface area contributed by atoms with E-state index >= 15 is 0 Å². The summed E-state index contributed by atoms with van der Waals surface area (Å²) in [5.74, 6) is 0. The van der Waals surface area contributed by atoms with Crippen LogP contribution in [0.25, 0.3) is 0 Å². The number of alkyl halides is 1. The minimum atomic E-state index is 0.131. The SMILES string of the molecule is BrCCOC(Cc1ccccc1)c1ccccc1. The van der Waals surface area contributed by atoms with Crippen LogP contribution in [-0.4, -0.2) is 11.9 Å². The van der Waals surface area contributed by atoms with Crippen LogP contribution in [0.15, 0.2) is 60.7 Å². The van der Waals surface area contributed by atoms with E-state index in [4.69, 9.17) is 4.74 Å². The molecule has 2 heteroatoms. The molecular weight excluding hydrogens is 288 g/mol. The molecule has 1 atom stereocenters. The van der Waals surface area contributed by atoms with Gasteiger partial charge in [0.2, 0.25) is 0 Å². The quantitative estimate of drug-likeness (QED) is 0.720. The molecule has 0 radical (unpaired) electrons. The van der Waals surface area contributed by atoms with Crippen molar-refractivity contribution in [2.45, 2.75) is 12.5 Å². The molecule has 2 rings (SSSR count). The lowest BCUT2D eigenvalue weighted by Gasteiger charge is -2.18. The van der Waals surface area contributed by atoms with Crippen molar-refractivity contribution in [1.29, 1.82) is 0 Å². The number of benzene rings is 2. The number of ether oxygens (including phenoxy) is 1. The van der Waals surface area contributed by atoms with Gasteiger partial charge in [-0.2, -0.15) is 0 Å². The summed E-state index contributed by atoms with van der Waals surface area (Å²) in [6, 6.07) is 20.9. The van der Waals surface area contributed by atoms with Crippen LogP contribution >= 0.6 is 15.9 Å². The summed E-state index contributed by atoms with van der Waals surface area (Å²) >= 11 is 3.41. The van der Waals surface area contributed by atoms with Crippen LogP contribution in [0.5, 0.6) is 0 Å². The predicted octanol–water partition coefficient (Wildman–Crippen LogP) is 4.38. The summed E-state index contributed by atoms with van der Waals surface area (Å²) in [6.45, 7) is 0.729. The first kappa shape index (κ1) is 13.3. The average Bonchev–Trinajstić information content (AvgIpc) is 2.45. The Hall–Kier alpha value is -1.12. The fourth-order valence-corrected chi connectivity index (χ4v) is 2.14. The molecule has 1 nitrogen and oxygen atoms in total. The van der Waals surface area contributed by atoms with Gasteiger partial charge in [0.15, 0.2) is 0 Å². The molecule has 0 amide bonds. The Kier molecular flexibility index (Phi) is 5.43. The molecule has 0 N–H and O–H groups in total. The van der Waals surface area contributed by atoms with E-state index in [9.17, 15) is 0 Å². The van der Waals surface area contributed by atoms with Gasteiger partial charge in [-0.3, -0.25) is 0 Å². The third kappa shape index (κ3) is 3.97. The van der Waals surface area contributed by atoms with Crippen LogP contribution in [0.2, 0.25) is 0 Å². The normalized spacial score (nSPS) is 12.3. The van der Waals surface area contributed by atoms with Crippen molar-refractivity contribution >= 4 is 15.9 Å². The van der Waals surface area contributed by atoms with Crippen LogP contribution in [0.1, 0.15) is 17.2 Å². The first-order valence-electron chi connectivity index (χ1n) is 6.16. The Morgan fingerprint density at radius 2 is 1.50 bits per heavy atom. The lowest BCUT2D eigenvalue weighted by Crippen LogP contribution is -2.09. The van der Waals surface area contributed by atoms with E-state index in [0.717, 1.165) is 18.4 Å². The van der Waals surface area contributed by atoms with Crippen molar-refractivity contribution in [3.8, 4) is 0 Å². The third-order valence-electron chi connectivity index (χ3n) is 2.83. The standard InChI is InChI=1S/C16H17BrO/c17-11-12-18-16(15-9-5-2-6-10-15)13-14-7-3-1-4-8-14/h1-10,16H,11-13H2. The molecule has 0 saturated heterocycles. The van der Waals surface area contributed by atoms with E-state index in [1.54, 1.807) is 0 Å². The second-order valence-corrected chi connectivity index (χ2v) is 4.94. The van der Waals surface area contributed by atoms with Gasteiger partial charge in [0.25, 0.3) is 0 Å². The summed E-state index contributed by atoms with van der Waals surface area (Å²) < 4.78 is 5.93. The van der Waals surface area contributed by atoms with Crippen molar-refractivity contribution in [1.82, 2.24) is 0 Å². The summed E-state index contributed by atoms with van der Waals surface area (Å²) in [4.78, 5) is 0. The van der Waals surface area contributed by atoms with E-state index in [2.05, 4.69) is 64.5 Å². The molecule has 0 bridgehead atoms. The van der Waals surface area contributed by atoms with E-state index < -0.39 is 0 Å². The number of rotatable bonds is 6. The van der Waals surface area contributed by atoms with Crippen molar-refractivity contribution in [2.24, 2.45) is 0 Å². The van der Waals surface area contributed by atoms with Crippen molar-refractivity contribution in [3.63, 3.8) is 0 Å². The van der Waals surface area contributed by atoms with Crippen LogP contribution in [0.4, 0.5) is 0 Å². The van der Waals surface area contributed by atoms with Crippen LogP contribution in [0.3, 0.4) is 0 Å². The summed E-state index contributed by atoms with van der Waals surface area (Å²) in [6.07, 6.45) is 1.05. The number of hydrogen-bond donors (Lipinski definition) is 0. The molecule has 0 aliphatic carbocycles. The highest BCUT2D eigenvalue weighted by Gasteiger charge is 2.12. The molecule has 18 heavy (non-hydrogen) atoms. The molecule has 0 spiro atoms. The smallest absolute Gasteiger partial charge is 0.0865 e. The largest absolute Gasteiger partial charge is 0.372 e. The topological polar surface area (TPSA) is 9.23 Å². The van der Waals surface area contributed by atoms with E-state index in [0.29, 0.717) is 0 Å². The molecule has 1 unspecified atom stereocenters. The predicted molar refractivity (Wildman–Crippen MR) is 79.1 cm³/mol. The highest BCUT2D eigenvalue weighted by atomic mass is 79.9. The zero-order valence-corrected chi connectivity index (χ0v) is 11.8. The van der Waals surface area contributed by atoms with Gasteiger partial charge in [0.05, 0.1) is 12.7 Å². The minimum Gasteiger partial charge on any atom is -0.372 e. The van der Waals surface area contributed by atoms with Crippen molar-refractivity contribution < 1.29 is 4.74 Å². The Morgan fingerprint density at radius 3 is 2.11 bits per heavy atom. The zero-order chi connectivity index (χ0) is 12.6. The van der Waals surface area contributed by atoms with Gasteiger partial charge in [-0.15, -0.1) is 0 Å². The van der Waals surface area contributed by atoms with Gasteiger partial charge < -0.3 is 4.74 Å². The maximum absolute atomic E-state index is 5.93. The molecule has 0 aromatic heterocycles. The minimum absolute atomic E-state index is 0.131. The van der Waals surface area contributed by atoms with Crippen molar-refractivity contribution in [3.05, 3.63) is 71.8 Å². The lowest BCUT2D eigenvalue weighted by atomic mass is 10.0. The second-order valence-electron chi connectivity index (χ2n) is 4.15. The summed E-state index contributed by atoms with van der Waals surface area (Å²) in [7, 11) is 0. The second kappa shape index (κ2) is 7.34. The Labute approximate surface area is 117 Å². The van der Waals surface area contributed by atoms with E-state index in [1.165, 1.54) is 11.1 Å². The highest BCUT2D eigenvalue weighted by Crippen LogP contribution is 2.22. The fourth-order valence-electron chi connectivity index (χ4n) is 1.96. The Balaban J connectivity index is 2.10. The molecule has 2 aromatic carbocycles. The monoisotopic (exact) mass is 304 g/mol. The molecule has 2 aromatic rings. The summed E-state index contributed by atoms with van der Waals surface area (Å²) in [5, 5.41) is 0.866. The maximum Gasteiger partial charge on any atom is 0.0865 e. The molecular formula is C16H17BrO. The number of hydrogen-bond acceptors (Lipinski definition) is 1. The highest BCUT2D eigenvalue weighted by molar-refractivity contribution is 9.09. The van der Waals surface area contributed by atoms with Gasteiger partial charge in [-0.25, -0.2) is 0 Å². The van der Waals surface area contributed by atoms with Crippen LogP contribution in [0, 0.1) is 0 Å². The van der Waals surface area contributed by atoms with Crippen LogP contribution < -0.4 is 0 Å². The van der Waals surface area contributed by atoms with Gasteiger partial charge in [-0.05, 0) is 11.1 Å². The number of halogens is 1. The van der Waals surface area contributed by atoms with Gasteiger partial charge in [-0.1, -0.05) is 76.6 Å². The van der Waals surface area contributed by atoms with Crippen molar-refractivity contribution in [2.75, 3.05) is 11.9 Å². The molecule has 0 saturated carbocycles. The first-order chi connectivity index (χ1) is 8.90. The Morgan fingerprint density at radius 1 is 0.889 bits per heavy atom. The fraction of sp³-hybridized carbons (Fsp3) is 0.250. The Bertz CT molecular complexity index is 441. The maximum atomic E-state index is 5.93. The van der Waals surface area contributed by atoms with E-state index in [-0.39, 0.29) is 6.10 Å². The summed E-state index contributed by atoms with van der Waals surface area (Å²) in [5.41, 5.74) is 2.54. The molecule has 0 heterocycles. The molecule has 0 aliphatic rings. The zero-order valence-electron chi connectivity index (χ0n) is 10.3. The average molecular weight is 305 g/mol. The van der Waals surface area contributed by atoms with Gasteiger partial charge in [0.1, 0.15) is 0 Å². The molecule has 0 fully saturated rings. The molecule has 0 aliphatic heterocycles. The van der Waals surface area contributed by atoms with Crippen LogP contribution in [-0.2, 0) is 11.2 Å². The lowest BCUT2D eigenvalue weighted by molar-refractivity contribution is 0.0652. The van der Waals surface area contributed by atoms with E-state index in [1.807, 2.05) is 12.1 Å². The first-order valence-corrected chi connectivity index (χ1v) is 7.28.